The Morgan fingerprint density at radius 3 is 2.70 bits per heavy atom. The molecule has 0 saturated carbocycles. The first kappa shape index (κ1) is 23.4. The highest BCUT2D eigenvalue weighted by Crippen LogP contribution is 2.24. The van der Waals surface area contributed by atoms with Gasteiger partial charge in [-0.25, -0.2) is 4.79 Å². The molecule has 0 aliphatic carbocycles. The number of fused-ring (bicyclic) bond motifs is 1. The van der Waals surface area contributed by atoms with E-state index in [9.17, 15) is 9.59 Å². The summed E-state index contributed by atoms with van der Waals surface area (Å²) in [6.45, 7) is 5.57. The van der Waals surface area contributed by atoms with E-state index in [0.717, 1.165) is 35.3 Å². The fourth-order valence-corrected chi connectivity index (χ4v) is 3.28. The van der Waals surface area contributed by atoms with Crippen molar-refractivity contribution in [2.45, 2.75) is 33.2 Å². The first-order valence-electron chi connectivity index (χ1n) is 9.71. The molecule has 0 saturated heterocycles. The fourth-order valence-electron chi connectivity index (χ4n) is 3.28. The van der Waals surface area contributed by atoms with Crippen LogP contribution in [0, 0.1) is 6.92 Å². The molecule has 1 amide bonds. The lowest BCUT2D eigenvalue weighted by molar-refractivity contribution is -0.116. The Balaban J connectivity index is 0.00000320. The fraction of sp³-hybridized carbons (Fsp3) is 0.304. The minimum atomic E-state index is -0.413. The summed E-state index contributed by atoms with van der Waals surface area (Å²) in [4.78, 5) is 24.8. The Morgan fingerprint density at radius 2 is 1.97 bits per heavy atom. The van der Waals surface area contributed by atoms with Gasteiger partial charge in [0.15, 0.2) is 0 Å². The number of anilines is 1. The summed E-state index contributed by atoms with van der Waals surface area (Å²) in [5.74, 6) is 0.489. The molecule has 0 spiro atoms. The minimum Gasteiger partial charge on any atom is -0.497 e. The normalized spacial score (nSPS) is 10.5. The Bertz CT molecular complexity index is 1080. The summed E-state index contributed by atoms with van der Waals surface area (Å²) in [5.41, 5.74) is 3.28. The highest BCUT2D eigenvalue weighted by Gasteiger charge is 2.14. The monoisotopic (exact) mass is 430 g/mol. The largest absolute Gasteiger partial charge is 0.497 e. The van der Waals surface area contributed by atoms with E-state index in [2.05, 4.69) is 10.6 Å². The number of benzene rings is 2. The molecule has 3 aromatic rings. The van der Waals surface area contributed by atoms with Crippen LogP contribution in [0.5, 0.6) is 5.75 Å². The topological polar surface area (TPSA) is 80.6 Å². The number of rotatable bonds is 8. The average Bonchev–Trinajstić information content (AvgIpc) is 2.71. The first-order chi connectivity index (χ1) is 14.0. The number of hydrogen-bond acceptors (Lipinski definition) is 5. The van der Waals surface area contributed by atoms with Gasteiger partial charge in [0.05, 0.1) is 7.11 Å². The van der Waals surface area contributed by atoms with Crippen molar-refractivity contribution < 1.29 is 13.9 Å². The Labute approximate surface area is 182 Å². The third-order valence-electron chi connectivity index (χ3n) is 4.89. The highest BCUT2D eigenvalue weighted by molar-refractivity contribution is 5.91. The van der Waals surface area contributed by atoms with E-state index < -0.39 is 5.63 Å². The van der Waals surface area contributed by atoms with Crippen molar-refractivity contribution >= 4 is 35.0 Å². The van der Waals surface area contributed by atoms with Crippen molar-refractivity contribution in [2.24, 2.45) is 0 Å². The van der Waals surface area contributed by atoms with Crippen LogP contribution < -0.4 is 21.0 Å². The number of aryl methyl sites for hydroxylation is 1. The molecule has 0 atom stereocenters. The van der Waals surface area contributed by atoms with Crippen molar-refractivity contribution in [3.8, 4) is 5.75 Å². The Kier molecular flexibility index (Phi) is 8.45. The van der Waals surface area contributed by atoms with Gasteiger partial charge in [0.1, 0.15) is 11.3 Å². The molecule has 7 heteroatoms. The van der Waals surface area contributed by atoms with Gasteiger partial charge in [-0.3, -0.25) is 4.79 Å². The van der Waals surface area contributed by atoms with Crippen LogP contribution in [-0.2, 0) is 17.8 Å². The molecule has 0 radical (unpaired) electrons. The van der Waals surface area contributed by atoms with Gasteiger partial charge in [0, 0.05) is 35.7 Å². The third kappa shape index (κ3) is 5.62. The summed E-state index contributed by atoms with van der Waals surface area (Å²) in [7, 11) is 1.56. The number of nitrogens with one attached hydrogen (secondary N) is 2. The lowest BCUT2D eigenvalue weighted by Gasteiger charge is -2.10. The zero-order valence-electron chi connectivity index (χ0n) is 17.4. The quantitative estimate of drug-likeness (QED) is 0.523. The van der Waals surface area contributed by atoms with Crippen LogP contribution in [0.25, 0.3) is 11.0 Å². The molecule has 1 heterocycles. The van der Waals surface area contributed by atoms with E-state index in [1.807, 2.05) is 50.2 Å². The van der Waals surface area contributed by atoms with Crippen LogP contribution in [0.3, 0.4) is 0 Å². The molecule has 0 fully saturated rings. The van der Waals surface area contributed by atoms with Gasteiger partial charge in [-0.05, 0) is 55.3 Å². The molecule has 2 N–H and O–H groups in total. The van der Waals surface area contributed by atoms with Gasteiger partial charge < -0.3 is 19.8 Å². The van der Waals surface area contributed by atoms with Gasteiger partial charge >= 0.3 is 5.63 Å². The van der Waals surface area contributed by atoms with E-state index in [0.29, 0.717) is 23.3 Å². The number of ether oxygens (including phenoxy) is 1. The van der Waals surface area contributed by atoms with Crippen molar-refractivity contribution in [3.05, 3.63) is 69.6 Å². The Morgan fingerprint density at radius 1 is 1.17 bits per heavy atom. The minimum absolute atomic E-state index is 0. The molecule has 30 heavy (non-hydrogen) atoms. The predicted octanol–water partition coefficient (Wildman–Crippen LogP) is 4.21. The highest BCUT2D eigenvalue weighted by atomic mass is 35.5. The maximum absolute atomic E-state index is 12.4. The molecule has 1 aromatic heterocycles. The number of carbonyl (C=O) groups is 1. The lowest BCUT2D eigenvalue weighted by atomic mass is 10.0. The standard InChI is InChI=1S/C23H26N2O4.ClH/c1-4-24-14-16-6-5-7-17(12-16)25-22(26)11-10-20-15(2)19-9-8-18(28-3)13-21(19)29-23(20)27;/h5-9,12-13,24H,4,10-11,14H2,1-3H3,(H,25,26);1H. The van der Waals surface area contributed by atoms with E-state index in [1.165, 1.54) is 0 Å². The van der Waals surface area contributed by atoms with Crippen molar-refractivity contribution in [2.75, 3.05) is 19.0 Å². The van der Waals surface area contributed by atoms with E-state index in [1.54, 1.807) is 13.2 Å². The van der Waals surface area contributed by atoms with Crippen LogP contribution in [0.4, 0.5) is 5.69 Å². The van der Waals surface area contributed by atoms with Crippen LogP contribution in [0.2, 0.25) is 0 Å². The number of carbonyl (C=O) groups excluding carboxylic acids is 1. The van der Waals surface area contributed by atoms with Gasteiger partial charge in [0.2, 0.25) is 5.91 Å². The summed E-state index contributed by atoms with van der Waals surface area (Å²) >= 11 is 0. The van der Waals surface area contributed by atoms with Crippen LogP contribution in [0.1, 0.15) is 30.0 Å². The summed E-state index contributed by atoms with van der Waals surface area (Å²) < 4.78 is 10.6. The number of halogens is 1. The maximum atomic E-state index is 12.4. The molecular weight excluding hydrogens is 404 g/mol. The second-order valence-corrected chi connectivity index (χ2v) is 6.88. The molecule has 160 valence electrons. The number of hydrogen-bond donors (Lipinski definition) is 2. The SMILES string of the molecule is CCNCc1cccc(NC(=O)CCc2c(C)c3ccc(OC)cc3oc2=O)c1.Cl. The second-order valence-electron chi connectivity index (χ2n) is 6.88. The molecule has 3 rings (SSSR count). The Hall–Kier alpha value is -2.83. The summed E-state index contributed by atoms with van der Waals surface area (Å²) in [5, 5.41) is 7.01. The molecular formula is C23H27ClN2O4. The molecule has 0 unspecified atom stereocenters. The summed E-state index contributed by atoms with van der Waals surface area (Å²) in [6.07, 6.45) is 0.518. The third-order valence-corrected chi connectivity index (χ3v) is 4.89. The predicted molar refractivity (Wildman–Crippen MR) is 122 cm³/mol. The van der Waals surface area contributed by atoms with Gasteiger partial charge in [-0.2, -0.15) is 0 Å². The zero-order valence-corrected chi connectivity index (χ0v) is 18.2. The van der Waals surface area contributed by atoms with E-state index in [4.69, 9.17) is 9.15 Å². The smallest absolute Gasteiger partial charge is 0.339 e. The second kappa shape index (κ2) is 10.8. The summed E-state index contributed by atoms with van der Waals surface area (Å²) in [6, 6.07) is 13.1. The number of amides is 1. The molecule has 2 aromatic carbocycles. The van der Waals surface area contributed by atoms with Crippen molar-refractivity contribution in [1.29, 1.82) is 0 Å². The maximum Gasteiger partial charge on any atom is 0.339 e. The lowest BCUT2D eigenvalue weighted by Crippen LogP contribution is -2.17. The van der Waals surface area contributed by atoms with Crippen LogP contribution in [0.15, 0.2) is 51.7 Å². The van der Waals surface area contributed by atoms with Gasteiger partial charge in [-0.1, -0.05) is 19.1 Å². The van der Waals surface area contributed by atoms with Gasteiger partial charge in [0.25, 0.3) is 0 Å². The van der Waals surface area contributed by atoms with E-state index in [-0.39, 0.29) is 24.7 Å². The van der Waals surface area contributed by atoms with E-state index >= 15 is 0 Å². The van der Waals surface area contributed by atoms with Gasteiger partial charge in [-0.15, -0.1) is 12.4 Å². The molecule has 0 bridgehead atoms. The van der Waals surface area contributed by atoms with Crippen LogP contribution in [-0.4, -0.2) is 19.6 Å². The average molecular weight is 431 g/mol. The molecule has 0 aliphatic heterocycles. The van der Waals surface area contributed by atoms with Crippen molar-refractivity contribution in [3.63, 3.8) is 0 Å². The van der Waals surface area contributed by atoms with Crippen molar-refractivity contribution in [1.82, 2.24) is 5.32 Å². The zero-order chi connectivity index (χ0) is 20.8. The van der Waals surface area contributed by atoms with Crippen LogP contribution >= 0.6 is 12.4 Å². The molecule has 0 aliphatic rings. The number of methoxy groups -OCH3 is 1. The molecule has 6 nitrogen and oxygen atoms in total. The first-order valence-corrected chi connectivity index (χ1v) is 9.71.